The molecule has 0 bridgehead atoms. The molecule has 0 aliphatic carbocycles. The number of carbonyl (C=O) groups is 1. The summed E-state index contributed by atoms with van der Waals surface area (Å²) in [4.78, 5) is 11.0. The minimum absolute atomic E-state index is 0.113. The molecule has 2 heterocycles. The predicted octanol–water partition coefficient (Wildman–Crippen LogP) is 0.931. The molecular formula is C14H24O7. The molecule has 2 rings (SSSR count). The molecule has 2 aliphatic heterocycles. The molecule has 7 heteroatoms. The first-order valence-corrected chi connectivity index (χ1v) is 7.29. The molecule has 0 radical (unpaired) electrons. The lowest BCUT2D eigenvalue weighted by Gasteiger charge is -2.33. The summed E-state index contributed by atoms with van der Waals surface area (Å²) in [6.45, 7) is 7.04. The second-order valence-corrected chi connectivity index (χ2v) is 5.81. The Balaban J connectivity index is 2.09. The van der Waals surface area contributed by atoms with Crippen LogP contribution in [0, 0.1) is 0 Å². The summed E-state index contributed by atoms with van der Waals surface area (Å²) in [6, 6.07) is 0. The number of carbonyl (C=O) groups excluding carboxylic acids is 1. The van der Waals surface area contributed by atoms with Gasteiger partial charge in [-0.2, -0.15) is 0 Å². The van der Waals surface area contributed by atoms with Gasteiger partial charge in [-0.3, -0.25) is 4.79 Å². The van der Waals surface area contributed by atoms with Gasteiger partial charge in [0.2, 0.25) is 5.79 Å². The van der Waals surface area contributed by atoms with Crippen LogP contribution in [-0.2, 0) is 28.5 Å². The van der Waals surface area contributed by atoms with Crippen molar-refractivity contribution in [3.63, 3.8) is 0 Å². The van der Waals surface area contributed by atoms with Crippen LogP contribution in [0.4, 0.5) is 0 Å². The smallest absolute Gasteiger partial charge is 0.302 e. The van der Waals surface area contributed by atoms with Crippen molar-refractivity contribution in [2.75, 3.05) is 13.2 Å². The first kappa shape index (κ1) is 16.6. The first-order chi connectivity index (χ1) is 9.78. The molecule has 2 fully saturated rings. The van der Waals surface area contributed by atoms with Crippen molar-refractivity contribution in [1.82, 2.24) is 0 Å². The molecule has 0 spiro atoms. The van der Waals surface area contributed by atoms with Gasteiger partial charge < -0.3 is 28.8 Å². The lowest BCUT2D eigenvalue weighted by Crippen LogP contribution is -2.53. The summed E-state index contributed by atoms with van der Waals surface area (Å²) in [5.74, 6) is -3.00. The van der Waals surface area contributed by atoms with Crippen molar-refractivity contribution in [1.29, 1.82) is 0 Å². The van der Waals surface area contributed by atoms with Crippen LogP contribution in [0.2, 0.25) is 0 Å². The summed E-state index contributed by atoms with van der Waals surface area (Å²) >= 11 is 0. The minimum Gasteiger partial charge on any atom is -0.463 e. The minimum atomic E-state index is -1.69. The highest BCUT2D eigenvalue weighted by Crippen LogP contribution is 2.43. The van der Waals surface area contributed by atoms with Gasteiger partial charge in [0.05, 0.1) is 6.61 Å². The van der Waals surface area contributed by atoms with Crippen molar-refractivity contribution < 1.29 is 33.6 Å². The molecule has 21 heavy (non-hydrogen) atoms. The Morgan fingerprint density at radius 2 is 2.05 bits per heavy atom. The lowest BCUT2D eigenvalue weighted by molar-refractivity contribution is -0.303. The topological polar surface area (TPSA) is 83.5 Å². The zero-order valence-corrected chi connectivity index (χ0v) is 13.0. The maximum Gasteiger partial charge on any atom is 0.302 e. The Labute approximate surface area is 124 Å². The van der Waals surface area contributed by atoms with Gasteiger partial charge in [-0.25, -0.2) is 0 Å². The summed E-state index contributed by atoms with van der Waals surface area (Å²) < 4.78 is 27.4. The second kappa shape index (κ2) is 6.18. The number of aliphatic hydroxyl groups is 1. The van der Waals surface area contributed by atoms with E-state index in [-0.39, 0.29) is 6.61 Å². The highest BCUT2D eigenvalue weighted by atomic mass is 16.9. The molecule has 1 unspecified atom stereocenters. The van der Waals surface area contributed by atoms with Crippen LogP contribution in [0.3, 0.4) is 0 Å². The first-order valence-electron chi connectivity index (χ1n) is 7.29. The molecule has 0 aromatic carbocycles. The van der Waals surface area contributed by atoms with E-state index in [0.717, 1.165) is 12.8 Å². The van der Waals surface area contributed by atoms with Gasteiger partial charge in [-0.05, 0) is 20.3 Å². The second-order valence-electron chi connectivity index (χ2n) is 5.81. The maximum absolute atomic E-state index is 11.0. The Kier molecular flexibility index (Phi) is 4.89. The van der Waals surface area contributed by atoms with Gasteiger partial charge in [-0.1, -0.05) is 13.3 Å². The van der Waals surface area contributed by atoms with E-state index < -0.39 is 36.0 Å². The number of fused-ring (bicyclic) bond motifs is 1. The van der Waals surface area contributed by atoms with Gasteiger partial charge in [0.1, 0.15) is 6.61 Å². The largest absolute Gasteiger partial charge is 0.463 e. The number of ether oxygens (including phenoxy) is 5. The molecule has 4 atom stereocenters. The fraction of sp³-hybridized carbons (Fsp3) is 0.929. The van der Waals surface area contributed by atoms with Gasteiger partial charge in [-0.15, -0.1) is 0 Å². The molecule has 0 aromatic heterocycles. The molecular weight excluding hydrogens is 280 g/mol. The number of hydrogen-bond donors (Lipinski definition) is 1. The van der Waals surface area contributed by atoms with E-state index in [0.29, 0.717) is 6.61 Å². The van der Waals surface area contributed by atoms with E-state index in [1.54, 1.807) is 13.8 Å². The molecule has 122 valence electrons. The Hall–Kier alpha value is -0.730. The molecule has 0 amide bonds. The molecule has 1 N–H and O–H groups in total. The van der Waals surface area contributed by atoms with E-state index in [1.807, 2.05) is 6.92 Å². The normalized spacial score (nSPS) is 37.5. The van der Waals surface area contributed by atoms with Crippen LogP contribution in [0.1, 0.15) is 40.5 Å². The highest BCUT2D eigenvalue weighted by molar-refractivity contribution is 5.65. The third kappa shape index (κ3) is 3.54. The summed E-state index contributed by atoms with van der Waals surface area (Å²) in [7, 11) is 0. The van der Waals surface area contributed by atoms with Gasteiger partial charge in [0.25, 0.3) is 0 Å². The zero-order chi connectivity index (χ0) is 15.7. The molecule has 0 saturated carbocycles. The highest BCUT2D eigenvalue weighted by Gasteiger charge is 2.64. The Morgan fingerprint density at radius 1 is 1.33 bits per heavy atom. The van der Waals surface area contributed by atoms with E-state index in [4.69, 9.17) is 23.7 Å². The number of rotatable bonds is 6. The van der Waals surface area contributed by atoms with E-state index in [9.17, 15) is 9.90 Å². The SMILES string of the molecule is CCCCO[C@]1(O)[C@@H](COC(C)=O)OC2OC(C)(C)O[C@@H]21. The number of unbranched alkanes of at least 4 members (excludes halogenated alkanes) is 1. The van der Waals surface area contributed by atoms with Crippen molar-refractivity contribution in [3.8, 4) is 0 Å². The molecule has 2 saturated heterocycles. The van der Waals surface area contributed by atoms with Crippen LogP contribution < -0.4 is 0 Å². The van der Waals surface area contributed by atoms with Gasteiger partial charge in [0, 0.05) is 6.92 Å². The molecule has 7 nitrogen and oxygen atoms in total. The van der Waals surface area contributed by atoms with Crippen LogP contribution >= 0.6 is 0 Å². The van der Waals surface area contributed by atoms with Crippen molar-refractivity contribution in [2.24, 2.45) is 0 Å². The summed E-state index contributed by atoms with van der Waals surface area (Å²) in [5, 5.41) is 10.8. The quantitative estimate of drug-likeness (QED) is 0.444. The van der Waals surface area contributed by atoms with Crippen LogP contribution in [-0.4, -0.2) is 54.4 Å². The summed E-state index contributed by atoms with van der Waals surface area (Å²) in [6.07, 6.45) is -0.631. The zero-order valence-electron chi connectivity index (χ0n) is 13.0. The van der Waals surface area contributed by atoms with Crippen molar-refractivity contribution >= 4 is 5.97 Å². The lowest BCUT2D eigenvalue weighted by atomic mass is 10.1. The fourth-order valence-corrected chi connectivity index (χ4v) is 2.46. The molecule has 2 aliphatic rings. The van der Waals surface area contributed by atoms with Crippen molar-refractivity contribution in [3.05, 3.63) is 0 Å². The predicted molar refractivity (Wildman–Crippen MR) is 71.1 cm³/mol. The summed E-state index contributed by atoms with van der Waals surface area (Å²) in [5.41, 5.74) is 0. The maximum atomic E-state index is 11.0. The average molecular weight is 304 g/mol. The van der Waals surface area contributed by atoms with Gasteiger partial charge in [0.15, 0.2) is 24.3 Å². The average Bonchev–Trinajstić information content (AvgIpc) is 2.80. The van der Waals surface area contributed by atoms with E-state index >= 15 is 0 Å². The van der Waals surface area contributed by atoms with Crippen LogP contribution in [0.25, 0.3) is 0 Å². The van der Waals surface area contributed by atoms with E-state index in [1.165, 1.54) is 6.92 Å². The monoisotopic (exact) mass is 304 g/mol. The Morgan fingerprint density at radius 3 is 2.67 bits per heavy atom. The van der Waals surface area contributed by atoms with Crippen molar-refractivity contribution in [2.45, 2.75) is 70.6 Å². The Bertz CT molecular complexity index is 384. The standard InChI is InChI=1S/C14H24O7/c1-5-6-7-18-14(16)10(8-17-9(2)15)19-12-11(14)20-13(3,4)21-12/h10-12,16H,5-8H2,1-4H3/t10-,11+,12?,14-/m1/s1. The van der Waals surface area contributed by atoms with Gasteiger partial charge >= 0.3 is 5.97 Å². The third-order valence-corrected chi connectivity index (χ3v) is 3.49. The fourth-order valence-electron chi connectivity index (χ4n) is 2.46. The number of esters is 1. The third-order valence-electron chi connectivity index (χ3n) is 3.49. The number of hydrogen-bond acceptors (Lipinski definition) is 7. The van der Waals surface area contributed by atoms with Crippen LogP contribution in [0.5, 0.6) is 0 Å². The van der Waals surface area contributed by atoms with Crippen LogP contribution in [0.15, 0.2) is 0 Å². The van der Waals surface area contributed by atoms with E-state index in [2.05, 4.69) is 0 Å². The molecule has 0 aromatic rings.